The number of rotatable bonds is 7. The SMILES string of the molecule is COc1ccc(CNC(=O)C(=O)N[C@@H](C)[C@@H](c2cccs2)N2CCOCC2)cc1. The molecule has 0 radical (unpaired) electrons. The van der Waals surface area contributed by atoms with Crippen molar-refractivity contribution in [3.05, 3.63) is 52.2 Å². The number of benzene rings is 1. The predicted octanol–water partition coefficient (Wildman–Crippen LogP) is 1.95. The monoisotopic (exact) mass is 417 g/mol. The molecule has 29 heavy (non-hydrogen) atoms. The van der Waals surface area contributed by atoms with Crippen LogP contribution >= 0.6 is 11.3 Å². The van der Waals surface area contributed by atoms with Gasteiger partial charge in [-0.3, -0.25) is 14.5 Å². The first kappa shape index (κ1) is 21.3. The molecule has 0 saturated carbocycles. The van der Waals surface area contributed by atoms with Crippen LogP contribution in [-0.4, -0.2) is 56.2 Å². The summed E-state index contributed by atoms with van der Waals surface area (Å²) in [6, 6.07) is 11.2. The number of hydrogen-bond donors (Lipinski definition) is 2. The summed E-state index contributed by atoms with van der Waals surface area (Å²) in [5.41, 5.74) is 0.893. The number of thiophene rings is 1. The van der Waals surface area contributed by atoms with Crippen molar-refractivity contribution < 1.29 is 19.1 Å². The minimum absolute atomic E-state index is 0.0113. The van der Waals surface area contributed by atoms with E-state index in [0.29, 0.717) is 13.2 Å². The molecule has 1 aliphatic heterocycles. The lowest BCUT2D eigenvalue weighted by molar-refractivity contribution is -0.140. The van der Waals surface area contributed by atoms with E-state index < -0.39 is 11.8 Å². The van der Waals surface area contributed by atoms with Crippen LogP contribution in [0.5, 0.6) is 5.75 Å². The maximum atomic E-state index is 12.4. The molecular weight excluding hydrogens is 390 g/mol. The fourth-order valence-electron chi connectivity index (χ4n) is 3.42. The summed E-state index contributed by atoms with van der Waals surface area (Å²) in [6.07, 6.45) is 0. The molecule has 2 amide bonds. The Bertz CT molecular complexity index is 789. The van der Waals surface area contributed by atoms with E-state index in [1.165, 1.54) is 4.88 Å². The van der Waals surface area contributed by atoms with Crippen molar-refractivity contribution in [1.29, 1.82) is 0 Å². The average Bonchev–Trinajstić information content (AvgIpc) is 3.27. The highest BCUT2D eigenvalue weighted by atomic mass is 32.1. The molecule has 0 bridgehead atoms. The Balaban J connectivity index is 1.57. The number of carbonyl (C=O) groups excluding carboxylic acids is 2. The zero-order valence-corrected chi connectivity index (χ0v) is 17.5. The Hall–Kier alpha value is -2.42. The smallest absolute Gasteiger partial charge is 0.309 e. The van der Waals surface area contributed by atoms with Gasteiger partial charge in [-0.2, -0.15) is 0 Å². The predicted molar refractivity (Wildman–Crippen MR) is 112 cm³/mol. The second kappa shape index (κ2) is 10.4. The first-order valence-corrected chi connectivity index (χ1v) is 10.5. The van der Waals surface area contributed by atoms with Crippen molar-refractivity contribution >= 4 is 23.2 Å². The number of hydrogen-bond acceptors (Lipinski definition) is 6. The van der Waals surface area contributed by atoms with Crippen LogP contribution in [0.3, 0.4) is 0 Å². The van der Waals surface area contributed by atoms with Crippen LogP contribution in [0, 0.1) is 0 Å². The molecule has 2 heterocycles. The van der Waals surface area contributed by atoms with Gasteiger partial charge in [0.1, 0.15) is 5.75 Å². The highest BCUT2D eigenvalue weighted by Gasteiger charge is 2.30. The van der Waals surface area contributed by atoms with Gasteiger partial charge in [0.25, 0.3) is 0 Å². The number of ether oxygens (including phenoxy) is 2. The van der Waals surface area contributed by atoms with Crippen LogP contribution < -0.4 is 15.4 Å². The van der Waals surface area contributed by atoms with Crippen molar-refractivity contribution in [3.8, 4) is 5.75 Å². The molecule has 1 aliphatic rings. The van der Waals surface area contributed by atoms with Crippen LogP contribution in [0.15, 0.2) is 41.8 Å². The summed E-state index contributed by atoms with van der Waals surface area (Å²) in [5.74, 6) is -0.519. The zero-order valence-electron chi connectivity index (χ0n) is 16.7. The number of methoxy groups -OCH3 is 1. The Morgan fingerprint density at radius 1 is 1.17 bits per heavy atom. The Kier molecular flexibility index (Phi) is 7.62. The molecule has 1 saturated heterocycles. The van der Waals surface area contributed by atoms with Crippen molar-refractivity contribution in [2.45, 2.75) is 25.6 Å². The van der Waals surface area contributed by atoms with Crippen LogP contribution in [0.1, 0.15) is 23.4 Å². The van der Waals surface area contributed by atoms with Crippen LogP contribution in [0.25, 0.3) is 0 Å². The molecule has 2 N–H and O–H groups in total. The first-order valence-electron chi connectivity index (χ1n) is 9.65. The highest BCUT2D eigenvalue weighted by Crippen LogP contribution is 2.29. The molecule has 0 aliphatic carbocycles. The summed E-state index contributed by atoms with van der Waals surface area (Å²) < 4.78 is 10.6. The van der Waals surface area contributed by atoms with E-state index in [9.17, 15) is 9.59 Å². The maximum Gasteiger partial charge on any atom is 0.309 e. The molecule has 3 rings (SSSR count). The fraction of sp³-hybridized carbons (Fsp3) is 0.429. The second-order valence-electron chi connectivity index (χ2n) is 6.90. The number of amides is 2. The Morgan fingerprint density at radius 2 is 1.90 bits per heavy atom. The second-order valence-corrected chi connectivity index (χ2v) is 7.88. The standard InChI is InChI=1S/C21H27N3O4S/c1-15(19(18-4-3-13-29-18)24-9-11-28-12-10-24)23-21(26)20(25)22-14-16-5-7-17(27-2)8-6-16/h3-8,13,15,19H,9-12,14H2,1-2H3,(H,22,25)(H,23,26)/t15-,19-/m0/s1. The summed E-state index contributed by atoms with van der Waals surface area (Å²) >= 11 is 1.65. The van der Waals surface area contributed by atoms with Gasteiger partial charge in [-0.25, -0.2) is 0 Å². The molecule has 0 spiro atoms. The van der Waals surface area contributed by atoms with Gasteiger partial charge in [-0.15, -0.1) is 11.3 Å². The molecule has 1 aromatic heterocycles. The molecule has 1 fully saturated rings. The molecule has 2 aromatic rings. The summed E-state index contributed by atoms with van der Waals surface area (Å²) in [7, 11) is 1.60. The van der Waals surface area contributed by atoms with Crippen molar-refractivity contribution in [1.82, 2.24) is 15.5 Å². The van der Waals surface area contributed by atoms with Gasteiger partial charge in [0.05, 0.1) is 26.4 Å². The third-order valence-electron chi connectivity index (χ3n) is 4.92. The van der Waals surface area contributed by atoms with E-state index in [4.69, 9.17) is 9.47 Å². The zero-order chi connectivity index (χ0) is 20.6. The third-order valence-corrected chi connectivity index (χ3v) is 5.87. The summed E-state index contributed by atoms with van der Waals surface area (Å²) in [4.78, 5) is 28.2. The molecule has 0 unspecified atom stereocenters. The van der Waals surface area contributed by atoms with Crippen molar-refractivity contribution in [3.63, 3.8) is 0 Å². The molecule has 2 atom stereocenters. The van der Waals surface area contributed by atoms with E-state index >= 15 is 0 Å². The van der Waals surface area contributed by atoms with Crippen LogP contribution in [-0.2, 0) is 20.9 Å². The van der Waals surface area contributed by atoms with E-state index in [0.717, 1.165) is 24.4 Å². The first-order chi connectivity index (χ1) is 14.1. The molecule has 7 nitrogen and oxygen atoms in total. The Labute approximate surface area is 175 Å². The lowest BCUT2D eigenvalue weighted by atomic mass is 10.1. The van der Waals surface area contributed by atoms with E-state index in [2.05, 4.69) is 21.6 Å². The maximum absolute atomic E-state index is 12.4. The summed E-state index contributed by atoms with van der Waals surface area (Å²) in [6.45, 7) is 5.16. The van der Waals surface area contributed by atoms with E-state index in [-0.39, 0.29) is 18.6 Å². The van der Waals surface area contributed by atoms with Gasteiger partial charge in [0.15, 0.2) is 0 Å². The molecule has 8 heteroatoms. The highest BCUT2D eigenvalue weighted by molar-refractivity contribution is 7.10. The third kappa shape index (κ3) is 5.79. The topological polar surface area (TPSA) is 79.9 Å². The molecule has 156 valence electrons. The Morgan fingerprint density at radius 3 is 2.52 bits per heavy atom. The van der Waals surface area contributed by atoms with Crippen LogP contribution in [0.2, 0.25) is 0 Å². The largest absolute Gasteiger partial charge is 0.497 e. The molecular formula is C21H27N3O4S. The summed E-state index contributed by atoms with van der Waals surface area (Å²) in [5, 5.41) is 7.57. The number of carbonyl (C=O) groups is 2. The fourth-order valence-corrected chi connectivity index (χ4v) is 4.38. The van der Waals surface area contributed by atoms with Crippen molar-refractivity contribution in [2.24, 2.45) is 0 Å². The quantitative estimate of drug-likeness (QED) is 0.673. The van der Waals surface area contributed by atoms with Gasteiger partial charge >= 0.3 is 11.8 Å². The van der Waals surface area contributed by atoms with Gasteiger partial charge in [-0.05, 0) is 36.1 Å². The van der Waals surface area contributed by atoms with E-state index in [1.807, 2.05) is 42.6 Å². The lowest BCUT2D eigenvalue weighted by Crippen LogP contribution is -2.51. The lowest BCUT2D eigenvalue weighted by Gasteiger charge is -2.37. The average molecular weight is 418 g/mol. The minimum Gasteiger partial charge on any atom is -0.497 e. The van der Waals surface area contributed by atoms with Crippen LogP contribution in [0.4, 0.5) is 0 Å². The normalized spacial score (nSPS) is 16.6. The van der Waals surface area contributed by atoms with Gasteiger partial charge < -0.3 is 20.1 Å². The number of nitrogens with zero attached hydrogens (tertiary/aromatic N) is 1. The van der Waals surface area contributed by atoms with E-state index in [1.54, 1.807) is 18.4 Å². The number of nitrogens with one attached hydrogen (secondary N) is 2. The van der Waals surface area contributed by atoms with Crippen molar-refractivity contribution in [2.75, 3.05) is 33.4 Å². The van der Waals surface area contributed by atoms with Gasteiger partial charge in [-0.1, -0.05) is 18.2 Å². The van der Waals surface area contributed by atoms with Gasteiger partial charge in [0.2, 0.25) is 0 Å². The minimum atomic E-state index is -0.639. The number of morpholine rings is 1. The van der Waals surface area contributed by atoms with Gasteiger partial charge in [0, 0.05) is 30.6 Å². The molecule has 1 aromatic carbocycles.